The number of thiophene rings is 1. The van der Waals surface area contributed by atoms with Crippen molar-refractivity contribution in [2.75, 3.05) is 6.54 Å². The summed E-state index contributed by atoms with van der Waals surface area (Å²) in [6, 6.07) is 2.12. The van der Waals surface area contributed by atoms with E-state index in [0.29, 0.717) is 0 Å². The summed E-state index contributed by atoms with van der Waals surface area (Å²) >= 11 is 8.63. The third-order valence-electron chi connectivity index (χ3n) is 1.28. The Labute approximate surface area is 93.1 Å². The van der Waals surface area contributed by atoms with Gasteiger partial charge in [0, 0.05) is 22.4 Å². The van der Waals surface area contributed by atoms with Crippen molar-refractivity contribution in [3.63, 3.8) is 0 Å². The molecule has 0 radical (unpaired) electrons. The van der Waals surface area contributed by atoms with E-state index in [9.17, 15) is 0 Å². The molecule has 1 nitrogen and oxygen atoms in total. The van der Waals surface area contributed by atoms with E-state index in [-0.39, 0.29) is 0 Å². The van der Waals surface area contributed by atoms with E-state index in [4.69, 9.17) is 0 Å². The highest BCUT2D eigenvalue weighted by Gasteiger charge is 2.02. The summed E-state index contributed by atoms with van der Waals surface area (Å²) in [4.78, 5) is 1.32. The average molecular weight is 311 g/mol. The fraction of sp³-hybridized carbons (Fsp3) is 0.250. The minimum atomic E-state index is 0.854. The van der Waals surface area contributed by atoms with E-state index in [0.717, 1.165) is 21.3 Å². The first-order valence-electron chi connectivity index (χ1n) is 3.49. The van der Waals surface area contributed by atoms with Gasteiger partial charge in [-0.3, -0.25) is 0 Å². The molecule has 0 fully saturated rings. The maximum atomic E-state index is 3.64. The maximum Gasteiger partial charge on any atom is 0.0843 e. The standard InChI is InChI=1S/C8H9Br2NS/c1-2-3-11-5-6-4-7(9)8(10)12-6/h2,4,11H,1,3,5H2. The lowest BCUT2D eigenvalue weighted by Gasteiger charge is -1.95. The van der Waals surface area contributed by atoms with Gasteiger partial charge in [-0.05, 0) is 37.9 Å². The van der Waals surface area contributed by atoms with Crippen LogP contribution in [0.25, 0.3) is 0 Å². The summed E-state index contributed by atoms with van der Waals surface area (Å²) in [5.74, 6) is 0. The highest BCUT2D eigenvalue weighted by molar-refractivity contribution is 9.13. The van der Waals surface area contributed by atoms with Crippen molar-refractivity contribution >= 4 is 43.2 Å². The van der Waals surface area contributed by atoms with Gasteiger partial charge in [-0.25, -0.2) is 0 Å². The van der Waals surface area contributed by atoms with E-state index < -0.39 is 0 Å². The second-order valence-electron chi connectivity index (χ2n) is 2.25. The molecule has 0 saturated carbocycles. The third-order valence-corrected chi connectivity index (χ3v) is 4.54. The minimum Gasteiger partial charge on any atom is -0.308 e. The van der Waals surface area contributed by atoms with Crippen LogP contribution in [-0.4, -0.2) is 6.54 Å². The van der Waals surface area contributed by atoms with Gasteiger partial charge in [0.1, 0.15) is 0 Å². The van der Waals surface area contributed by atoms with Crippen molar-refractivity contribution < 1.29 is 0 Å². The zero-order valence-electron chi connectivity index (χ0n) is 6.44. The van der Waals surface area contributed by atoms with Crippen LogP contribution in [0.15, 0.2) is 27.0 Å². The van der Waals surface area contributed by atoms with Crippen LogP contribution >= 0.6 is 43.2 Å². The highest BCUT2D eigenvalue weighted by atomic mass is 79.9. The lowest BCUT2D eigenvalue weighted by molar-refractivity contribution is 0.771. The summed E-state index contributed by atoms with van der Waals surface area (Å²) in [7, 11) is 0. The third kappa shape index (κ3) is 3.01. The molecule has 0 aliphatic heterocycles. The van der Waals surface area contributed by atoms with Gasteiger partial charge < -0.3 is 5.32 Å². The van der Waals surface area contributed by atoms with Gasteiger partial charge in [-0.1, -0.05) is 6.08 Å². The van der Waals surface area contributed by atoms with Crippen LogP contribution in [0.2, 0.25) is 0 Å². The van der Waals surface area contributed by atoms with Crippen LogP contribution in [0.1, 0.15) is 4.88 Å². The van der Waals surface area contributed by atoms with E-state index >= 15 is 0 Å². The zero-order valence-corrected chi connectivity index (χ0v) is 10.4. The van der Waals surface area contributed by atoms with E-state index in [1.165, 1.54) is 4.88 Å². The fourth-order valence-electron chi connectivity index (χ4n) is 0.776. The first-order chi connectivity index (χ1) is 5.74. The molecular formula is C8H9Br2NS. The molecule has 0 bridgehead atoms. The predicted molar refractivity (Wildman–Crippen MR) is 61.6 cm³/mol. The van der Waals surface area contributed by atoms with Crippen molar-refractivity contribution in [2.45, 2.75) is 6.54 Å². The van der Waals surface area contributed by atoms with Gasteiger partial charge in [-0.2, -0.15) is 0 Å². The van der Waals surface area contributed by atoms with Gasteiger partial charge >= 0.3 is 0 Å². The number of hydrogen-bond acceptors (Lipinski definition) is 2. The summed E-state index contributed by atoms with van der Waals surface area (Å²) in [5, 5.41) is 3.24. The van der Waals surface area contributed by atoms with Crippen LogP contribution in [0.3, 0.4) is 0 Å². The molecule has 1 aromatic rings. The molecule has 66 valence electrons. The molecule has 1 heterocycles. The lowest BCUT2D eigenvalue weighted by atomic mass is 10.4. The number of rotatable bonds is 4. The Bertz CT molecular complexity index is 251. The maximum absolute atomic E-state index is 3.64. The predicted octanol–water partition coefficient (Wildman–Crippen LogP) is 3.55. The molecule has 0 atom stereocenters. The van der Waals surface area contributed by atoms with Crippen LogP contribution in [-0.2, 0) is 6.54 Å². The summed E-state index contributed by atoms with van der Waals surface area (Å²) in [5.41, 5.74) is 0. The molecule has 0 aliphatic carbocycles. The fourth-order valence-corrected chi connectivity index (χ4v) is 2.92. The monoisotopic (exact) mass is 309 g/mol. The molecule has 0 aliphatic rings. The molecule has 0 spiro atoms. The zero-order chi connectivity index (χ0) is 8.97. The second-order valence-corrected chi connectivity index (χ2v) is 5.56. The molecule has 12 heavy (non-hydrogen) atoms. The Morgan fingerprint density at radius 3 is 2.83 bits per heavy atom. The molecule has 4 heteroatoms. The molecule has 1 N–H and O–H groups in total. The Morgan fingerprint density at radius 2 is 2.33 bits per heavy atom. The van der Waals surface area contributed by atoms with Gasteiger partial charge in [0.25, 0.3) is 0 Å². The van der Waals surface area contributed by atoms with Crippen molar-refractivity contribution in [1.82, 2.24) is 5.32 Å². The van der Waals surface area contributed by atoms with Crippen LogP contribution in [0.4, 0.5) is 0 Å². The summed E-state index contributed by atoms with van der Waals surface area (Å²) in [6.45, 7) is 5.39. The topological polar surface area (TPSA) is 12.0 Å². The summed E-state index contributed by atoms with van der Waals surface area (Å²) < 4.78 is 2.28. The van der Waals surface area contributed by atoms with E-state index in [2.05, 4.69) is 49.8 Å². The van der Waals surface area contributed by atoms with E-state index in [1.54, 1.807) is 11.3 Å². The van der Waals surface area contributed by atoms with Crippen LogP contribution < -0.4 is 5.32 Å². The van der Waals surface area contributed by atoms with Crippen molar-refractivity contribution in [3.8, 4) is 0 Å². The first kappa shape index (κ1) is 10.4. The number of nitrogens with one attached hydrogen (secondary N) is 1. The lowest BCUT2D eigenvalue weighted by Crippen LogP contribution is -2.11. The van der Waals surface area contributed by atoms with Gasteiger partial charge in [0.2, 0.25) is 0 Å². The highest BCUT2D eigenvalue weighted by Crippen LogP contribution is 2.32. The smallest absolute Gasteiger partial charge is 0.0843 e. The normalized spacial score (nSPS) is 10.2. The van der Waals surface area contributed by atoms with Crippen LogP contribution in [0, 0.1) is 0 Å². The Balaban J connectivity index is 2.47. The van der Waals surface area contributed by atoms with Gasteiger partial charge in [-0.15, -0.1) is 17.9 Å². The average Bonchev–Trinajstić information content (AvgIpc) is 2.32. The number of halogens is 2. The molecular weight excluding hydrogens is 302 g/mol. The Morgan fingerprint density at radius 1 is 1.58 bits per heavy atom. The molecule has 0 saturated heterocycles. The van der Waals surface area contributed by atoms with Crippen molar-refractivity contribution in [2.24, 2.45) is 0 Å². The summed E-state index contributed by atoms with van der Waals surface area (Å²) in [6.07, 6.45) is 1.86. The van der Waals surface area contributed by atoms with Crippen LogP contribution in [0.5, 0.6) is 0 Å². The Kier molecular flexibility index (Phi) is 4.50. The SMILES string of the molecule is C=CCNCc1cc(Br)c(Br)s1. The first-order valence-corrected chi connectivity index (χ1v) is 5.89. The molecule has 1 rings (SSSR count). The second kappa shape index (κ2) is 5.17. The van der Waals surface area contributed by atoms with Crippen molar-refractivity contribution in [1.29, 1.82) is 0 Å². The van der Waals surface area contributed by atoms with Crippen molar-refractivity contribution in [3.05, 3.63) is 31.9 Å². The molecule has 0 amide bonds. The van der Waals surface area contributed by atoms with E-state index in [1.807, 2.05) is 6.08 Å². The van der Waals surface area contributed by atoms with Gasteiger partial charge in [0.05, 0.1) is 3.79 Å². The minimum absolute atomic E-state index is 0.854. The number of hydrogen-bond donors (Lipinski definition) is 1. The van der Waals surface area contributed by atoms with Gasteiger partial charge in [0.15, 0.2) is 0 Å². The molecule has 1 aromatic heterocycles. The Hall–Kier alpha value is 0.360. The largest absolute Gasteiger partial charge is 0.308 e. The quantitative estimate of drug-likeness (QED) is 0.662. The molecule has 0 unspecified atom stereocenters. The molecule has 0 aromatic carbocycles.